The number of nitrogens with one attached hydrogen (secondary N) is 2. The van der Waals surface area contributed by atoms with Crippen molar-refractivity contribution in [1.29, 1.82) is 0 Å². The second kappa shape index (κ2) is 5.84. The average molecular weight is 308 g/mol. The molecule has 0 unspecified atom stereocenters. The highest BCUT2D eigenvalue weighted by Gasteiger charge is 2.53. The van der Waals surface area contributed by atoms with Crippen LogP contribution in [-0.4, -0.2) is 24.0 Å². The van der Waals surface area contributed by atoms with Gasteiger partial charge in [-0.15, -0.1) is 0 Å². The van der Waals surface area contributed by atoms with Gasteiger partial charge in [-0.3, -0.25) is 4.79 Å². The Balaban J connectivity index is 1.62. The van der Waals surface area contributed by atoms with Crippen molar-refractivity contribution in [3.05, 3.63) is 22.8 Å². The maximum absolute atomic E-state index is 12.3. The molecule has 0 aliphatic heterocycles. The number of halogens is 1. The molecule has 2 aliphatic carbocycles. The molecule has 114 valence electrons. The van der Waals surface area contributed by atoms with Crippen LogP contribution >= 0.6 is 11.6 Å². The topological polar surface area (TPSA) is 54.0 Å². The number of aromatic nitrogens is 1. The largest absolute Gasteiger partial charge is 0.370 e. The standard InChI is InChI=1S/C16H22ClN3O/c1-2-7-18-14-9-11(8-13(17)20-14)15(21)19-10-16(5-6-16)12-3-4-12/h8-9,12H,2-7,10H2,1H3,(H,18,20)(H,19,21). The number of pyridine rings is 1. The normalized spacial score (nSPS) is 19.1. The predicted octanol–water partition coefficient (Wildman–Crippen LogP) is 3.48. The summed E-state index contributed by atoms with van der Waals surface area (Å²) in [7, 11) is 0. The zero-order valence-corrected chi connectivity index (χ0v) is 13.2. The molecule has 2 saturated carbocycles. The van der Waals surface area contributed by atoms with Crippen molar-refractivity contribution < 1.29 is 4.79 Å². The fourth-order valence-electron chi connectivity index (χ4n) is 2.92. The van der Waals surface area contributed by atoms with Gasteiger partial charge in [-0.05, 0) is 55.6 Å². The van der Waals surface area contributed by atoms with Gasteiger partial charge in [0.2, 0.25) is 0 Å². The molecule has 0 radical (unpaired) electrons. The molecule has 2 N–H and O–H groups in total. The van der Waals surface area contributed by atoms with E-state index in [1.54, 1.807) is 12.1 Å². The van der Waals surface area contributed by atoms with Gasteiger partial charge in [0.25, 0.3) is 5.91 Å². The van der Waals surface area contributed by atoms with Crippen molar-refractivity contribution in [2.45, 2.75) is 39.0 Å². The minimum Gasteiger partial charge on any atom is -0.370 e. The number of amides is 1. The van der Waals surface area contributed by atoms with Crippen molar-refractivity contribution >= 4 is 23.3 Å². The van der Waals surface area contributed by atoms with Crippen LogP contribution in [0.1, 0.15) is 49.4 Å². The first-order valence-electron chi connectivity index (χ1n) is 7.83. The van der Waals surface area contributed by atoms with E-state index < -0.39 is 0 Å². The number of nitrogens with zero attached hydrogens (tertiary/aromatic N) is 1. The summed E-state index contributed by atoms with van der Waals surface area (Å²) in [6.45, 7) is 3.70. The van der Waals surface area contributed by atoms with Gasteiger partial charge in [-0.2, -0.15) is 0 Å². The lowest BCUT2D eigenvalue weighted by molar-refractivity contribution is 0.0942. The highest BCUT2D eigenvalue weighted by Crippen LogP contribution is 2.60. The number of rotatable bonds is 7. The van der Waals surface area contributed by atoms with Crippen LogP contribution in [0.5, 0.6) is 0 Å². The Hall–Kier alpha value is -1.29. The Kier molecular flexibility index (Phi) is 4.07. The molecule has 2 fully saturated rings. The van der Waals surface area contributed by atoms with E-state index in [-0.39, 0.29) is 5.91 Å². The fourth-order valence-corrected chi connectivity index (χ4v) is 3.12. The van der Waals surface area contributed by atoms with Gasteiger partial charge >= 0.3 is 0 Å². The summed E-state index contributed by atoms with van der Waals surface area (Å²) >= 11 is 6.00. The lowest BCUT2D eigenvalue weighted by Gasteiger charge is -2.15. The molecule has 0 bridgehead atoms. The van der Waals surface area contributed by atoms with Crippen molar-refractivity contribution in [1.82, 2.24) is 10.3 Å². The summed E-state index contributed by atoms with van der Waals surface area (Å²) < 4.78 is 0. The van der Waals surface area contributed by atoms with Crippen molar-refractivity contribution in [3.63, 3.8) is 0 Å². The molecular formula is C16H22ClN3O. The molecule has 0 atom stereocenters. The summed E-state index contributed by atoms with van der Waals surface area (Å²) in [5, 5.41) is 6.60. The average Bonchev–Trinajstić information content (AvgIpc) is 3.34. The Morgan fingerprint density at radius 1 is 1.43 bits per heavy atom. The van der Waals surface area contributed by atoms with E-state index in [1.165, 1.54) is 25.7 Å². The van der Waals surface area contributed by atoms with E-state index in [1.807, 2.05) is 0 Å². The van der Waals surface area contributed by atoms with Gasteiger partial charge in [0.1, 0.15) is 11.0 Å². The smallest absolute Gasteiger partial charge is 0.251 e. The molecule has 0 spiro atoms. The van der Waals surface area contributed by atoms with Gasteiger partial charge in [0, 0.05) is 18.7 Å². The third-order valence-electron chi connectivity index (χ3n) is 4.55. The number of carbonyl (C=O) groups is 1. The highest BCUT2D eigenvalue weighted by atomic mass is 35.5. The van der Waals surface area contributed by atoms with Crippen LogP contribution in [0.15, 0.2) is 12.1 Å². The molecule has 0 aromatic carbocycles. The molecule has 0 saturated heterocycles. The molecular weight excluding hydrogens is 286 g/mol. The summed E-state index contributed by atoms with van der Waals surface area (Å²) in [5.41, 5.74) is 0.996. The van der Waals surface area contributed by atoms with Crippen LogP contribution in [0.4, 0.5) is 5.82 Å². The van der Waals surface area contributed by atoms with Crippen LogP contribution in [0, 0.1) is 11.3 Å². The Morgan fingerprint density at radius 2 is 2.19 bits per heavy atom. The SMILES string of the molecule is CCCNc1cc(C(=O)NCC2(C3CC3)CC2)cc(Cl)n1. The van der Waals surface area contributed by atoms with Gasteiger partial charge in [-0.1, -0.05) is 18.5 Å². The summed E-state index contributed by atoms with van der Waals surface area (Å²) in [5.74, 6) is 1.46. The number of anilines is 1. The van der Waals surface area contributed by atoms with E-state index in [0.29, 0.717) is 21.9 Å². The number of hydrogen-bond donors (Lipinski definition) is 2. The first kappa shape index (κ1) is 14.6. The lowest BCUT2D eigenvalue weighted by Crippen LogP contribution is -2.31. The third-order valence-corrected chi connectivity index (χ3v) is 4.74. The summed E-state index contributed by atoms with van der Waals surface area (Å²) in [6.07, 6.45) is 6.19. The van der Waals surface area contributed by atoms with Gasteiger partial charge in [0.05, 0.1) is 0 Å². The van der Waals surface area contributed by atoms with Crippen LogP contribution in [0.3, 0.4) is 0 Å². The second-order valence-electron chi connectivity index (χ2n) is 6.31. The second-order valence-corrected chi connectivity index (χ2v) is 6.70. The molecule has 4 nitrogen and oxygen atoms in total. The van der Waals surface area contributed by atoms with Gasteiger partial charge in [0.15, 0.2) is 0 Å². The van der Waals surface area contributed by atoms with E-state index in [2.05, 4.69) is 22.5 Å². The Bertz CT molecular complexity index is 538. The maximum atomic E-state index is 12.3. The molecule has 1 aromatic rings. The molecule has 5 heteroatoms. The zero-order valence-electron chi connectivity index (χ0n) is 12.4. The Morgan fingerprint density at radius 3 is 2.81 bits per heavy atom. The van der Waals surface area contributed by atoms with Crippen LogP contribution < -0.4 is 10.6 Å². The van der Waals surface area contributed by atoms with Gasteiger partial charge in [-0.25, -0.2) is 4.98 Å². The van der Waals surface area contributed by atoms with E-state index >= 15 is 0 Å². The maximum Gasteiger partial charge on any atom is 0.251 e. The lowest BCUT2D eigenvalue weighted by atomic mass is 10.0. The van der Waals surface area contributed by atoms with Crippen molar-refractivity contribution in [2.75, 3.05) is 18.4 Å². The minimum absolute atomic E-state index is 0.0502. The molecule has 1 heterocycles. The number of hydrogen-bond acceptors (Lipinski definition) is 3. The van der Waals surface area contributed by atoms with Crippen molar-refractivity contribution in [2.24, 2.45) is 11.3 Å². The monoisotopic (exact) mass is 307 g/mol. The van der Waals surface area contributed by atoms with E-state index in [9.17, 15) is 4.79 Å². The van der Waals surface area contributed by atoms with Crippen LogP contribution in [-0.2, 0) is 0 Å². The zero-order chi connectivity index (χ0) is 14.9. The third kappa shape index (κ3) is 3.49. The van der Waals surface area contributed by atoms with E-state index in [4.69, 9.17) is 11.6 Å². The Labute approximate surface area is 130 Å². The van der Waals surface area contributed by atoms with Crippen LogP contribution in [0.2, 0.25) is 5.15 Å². The minimum atomic E-state index is -0.0502. The molecule has 21 heavy (non-hydrogen) atoms. The molecule has 1 amide bonds. The predicted molar refractivity (Wildman–Crippen MR) is 84.8 cm³/mol. The first-order chi connectivity index (χ1) is 10.1. The molecule has 3 rings (SSSR count). The molecule has 1 aromatic heterocycles. The molecule has 2 aliphatic rings. The van der Waals surface area contributed by atoms with E-state index in [0.717, 1.165) is 25.4 Å². The summed E-state index contributed by atoms with van der Waals surface area (Å²) in [6, 6.07) is 3.40. The van der Waals surface area contributed by atoms with Crippen molar-refractivity contribution in [3.8, 4) is 0 Å². The number of carbonyl (C=O) groups excluding carboxylic acids is 1. The van der Waals surface area contributed by atoms with Gasteiger partial charge < -0.3 is 10.6 Å². The quantitative estimate of drug-likeness (QED) is 0.758. The van der Waals surface area contributed by atoms with Crippen LogP contribution in [0.25, 0.3) is 0 Å². The fraction of sp³-hybridized carbons (Fsp3) is 0.625. The highest BCUT2D eigenvalue weighted by molar-refractivity contribution is 6.29. The first-order valence-corrected chi connectivity index (χ1v) is 8.20. The summed E-state index contributed by atoms with van der Waals surface area (Å²) in [4.78, 5) is 16.5.